The standard InChI is InChI=1S/C21H28N2O3/c1-16-6-4-7-18(22-16)14-23(15-20-8-5-11-26-20)13-17-9-10-19(24-2)12-21(17)25-3/h4,6-7,9-10,12,20H,5,8,11,13-15H2,1-3H3/t20-/m0/s1. The van der Waals surface area contributed by atoms with Crippen LogP contribution >= 0.6 is 0 Å². The van der Waals surface area contributed by atoms with Crippen molar-refractivity contribution in [1.82, 2.24) is 9.88 Å². The topological polar surface area (TPSA) is 43.8 Å². The van der Waals surface area contributed by atoms with Gasteiger partial charge in [0.1, 0.15) is 11.5 Å². The molecule has 0 saturated carbocycles. The number of methoxy groups -OCH3 is 2. The summed E-state index contributed by atoms with van der Waals surface area (Å²) < 4.78 is 16.7. The highest BCUT2D eigenvalue weighted by Crippen LogP contribution is 2.27. The van der Waals surface area contributed by atoms with Crippen molar-refractivity contribution in [3.63, 3.8) is 0 Å². The minimum Gasteiger partial charge on any atom is -0.497 e. The van der Waals surface area contributed by atoms with Gasteiger partial charge in [-0.2, -0.15) is 0 Å². The van der Waals surface area contributed by atoms with Crippen LogP contribution in [0.25, 0.3) is 0 Å². The molecule has 0 N–H and O–H groups in total. The van der Waals surface area contributed by atoms with Crippen LogP contribution in [0.3, 0.4) is 0 Å². The maximum Gasteiger partial charge on any atom is 0.127 e. The second-order valence-electron chi connectivity index (χ2n) is 6.75. The Balaban J connectivity index is 1.78. The monoisotopic (exact) mass is 356 g/mol. The third kappa shape index (κ3) is 4.96. The number of benzene rings is 1. The Bertz CT molecular complexity index is 714. The van der Waals surface area contributed by atoms with E-state index in [1.165, 1.54) is 0 Å². The highest BCUT2D eigenvalue weighted by Gasteiger charge is 2.21. The van der Waals surface area contributed by atoms with E-state index in [1.807, 2.05) is 25.1 Å². The van der Waals surface area contributed by atoms with Crippen molar-refractivity contribution in [2.45, 2.75) is 39.0 Å². The molecule has 26 heavy (non-hydrogen) atoms. The minimum atomic E-state index is 0.295. The molecule has 2 aromatic rings. The second kappa shape index (κ2) is 9.01. The summed E-state index contributed by atoms with van der Waals surface area (Å²) in [6.45, 7) is 5.36. The van der Waals surface area contributed by atoms with E-state index in [0.717, 1.165) is 67.5 Å². The largest absolute Gasteiger partial charge is 0.497 e. The maximum absolute atomic E-state index is 5.86. The molecule has 0 bridgehead atoms. The summed E-state index contributed by atoms with van der Waals surface area (Å²) in [6.07, 6.45) is 2.56. The van der Waals surface area contributed by atoms with Crippen LogP contribution < -0.4 is 9.47 Å². The predicted octanol–water partition coefficient (Wildman–Crippen LogP) is 3.59. The molecule has 0 radical (unpaired) electrons. The van der Waals surface area contributed by atoms with Gasteiger partial charge < -0.3 is 14.2 Å². The van der Waals surface area contributed by atoms with Crippen molar-refractivity contribution in [2.75, 3.05) is 27.4 Å². The Morgan fingerprint density at radius 1 is 1.15 bits per heavy atom. The zero-order valence-corrected chi connectivity index (χ0v) is 15.9. The van der Waals surface area contributed by atoms with Gasteiger partial charge in [0.05, 0.1) is 26.0 Å². The zero-order valence-electron chi connectivity index (χ0n) is 15.9. The summed E-state index contributed by atoms with van der Waals surface area (Å²) in [5, 5.41) is 0. The van der Waals surface area contributed by atoms with Crippen molar-refractivity contribution in [1.29, 1.82) is 0 Å². The molecule has 1 fully saturated rings. The van der Waals surface area contributed by atoms with Gasteiger partial charge >= 0.3 is 0 Å². The smallest absolute Gasteiger partial charge is 0.127 e. The first-order valence-corrected chi connectivity index (χ1v) is 9.15. The summed E-state index contributed by atoms with van der Waals surface area (Å²) in [4.78, 5) is 7.06. The molecule has 140 valence electrons. The van der Waals surface area contributed by atoms with E-state index in [9.17, 15) is 0 Å². The highest BCUT2D eigenvalue weighted by molar-refractivity contribution is 5.40. The fourth-order valence-corrected chi connectivity index (χ4v) is 3.40. The SMILES string of the molecule is COc1ccc(CN(Cc2cccc(C)n2)C[C@@H]2CCCO2)c(OC)c1. The van der Waals surface area contributed by atoms with Crippen LogP contribution in [0.15, 0.2) is 36.4 Å². The van der Waals surface area contributed by atoms with Crippen LogP contribution in [0.5, 0.6) is 11.5 Å². The van der Waals surface area contributed by atoms with Crippen LogP contribution in [-0.4, -0.2) is 43.4 Å². The molecular formula is C21H28N2O3. The Labute approximate surface area is 155 Å². The van der Waals surface area contributed by atoms with E-state index in [4.69, 9.17) is 14.2 Å². The summed E-state index contributed by atoms with van der Waals surface area (Å²) in [5.41, 5.74) is 3.26. The minimum absolute atomic E-state index is 0.295. The summed E-state index contributed by atoms with van der Waals surface area (Å²) >= 11 is 0. The number of ether oxygens (including phenoxy) is 3. The van der Waals surface area contributed by atoms with Crippen LogP contribution in [0.2, 0.25) is 0 Å². The molecule has 1 atom stereocenters. The molecule has 1 aliphatic rings. The molecule has 0 spiro atoms. The van der Waals surface area contributed by atoms with Gasteiger partial charge in [-0.3, -0.25) is 9.88 Å². The third-order valence-corrected chi connectivity index (χ3v) is 4.71. The van der Waals surface area contributed by atoms with Crippen LogP contribution in [0.4, 0.5) is 0 Å². The Morgan fingerprint density at radius 3 is 2.73 bits per heavy atom. The molecule has 3 rings (SSSR count). The molecule has 1 aromatic heterocycles. The van der Waals surface area contributed by atoms with Gasteiger partial charge in [0.2, 0.25) is 0 Å². The van der Waals surface area contributed by atoms with Crippen molar-refractivity contribution >= 4 is 0 Å². The molecule has 5 nitrogen and oxygen atoms in total. The number of aromatic nitrogens is 1. The Hall–Kier alpha value is -2.11. The summed E-state index contributed by atoms with van der Waals surface area (Å²) in [6, 6.07) is 12.2. The van der Waals surface area contributed by atoms with Crippen LogP contribution in [0, 0.1) is 6.92 Å². The summed E-state index contributed by atoms with van der Waals surface area (Å²) in [5.74, 6) is 1.65. The van der Waals surface area contributed by atoms with E-state index in [1.54, 1.807) is 14.2 Å². The van der Waals surface area contributed by atoms with Gasteiger partial charge in [0.15, 0.2) is 0 Å². The fraction of sp³-hybridized carbons (Fsp3) is 0.476. The lowest BCUT2D eigenvalue weighted by Gasteiger charge is -2.26. The van der Waals surface area contributed by atoms with Crippen molar-refractivity contribution < 1.29 is 14.2 Å². The molecular weight excluding hydrogens is 328 g/mol. The van der Waals surface area contributed by atoms with E-state index in [2.05, 4.69) is 28.1 Å². The molecule has 1 aliphatic heterocycles. The number of hydrogen-bond donors (Lipinski definition) is 0. The second-order valence-corrected chi connectivity index (χ2v) is 6.75. The van der Waals surface area contributed by atoms with Gasteiger partial charge in [-0.15, -0.1) is 0 Å². The van der Waals surface area contributed by atoms with E-state index >= 15 is 0 Å². The Morgan fingerprint density at radius 2 is 2.04 bits per heavy atom. The van der Waals surface area contributed by atoms with Crippen molar-refractivity contribution in [3.8, 4) is 11.5 Å². The normalized spacial score (nSPS) is 16.8. The first-order valence-electron chi connectivity index (χ1n) is 9.15. The first-order chi connectivity index (χ1) is 12.7. The van der Waals surface area contributed by atoms with Gasteiger partial charge in [0.25, 0.3) is 0 Å². The predicted molar refractivity (Wildman–Crippen MR) is 102 cm³/mol. The van der Waals surface area contributed by atoms with Gasteiger partial charge in [0, 0.05) is 43.6 Å². The highest BCUT2D eigenvalue weighted by atomic mass is 16.5. The van der Waals surface area contributed by atoms with Gasteiger partial charge in [-0.05, 0) is 38.0 Å². The number of aryl methyl sites for hydroxylation is 1. The quantitative estimate of drug-likeness (QED) is 0.723. The van der Waals surface area contributed by atoms with E-state index in [-0.39, 0.29) is 0 Å². The van der Waals surface area contributed by atoms with Crippen molar-refractivity contribution in [3.05, 3.63) is 53.3 Å². The molecule has 0 unspecified atom stereocenters. The van der Waals surface area contributed by atoms with Crippen LogP contribution in [-0.2, 0) is 17.8 Å². The lowest BCUT2D eigenvalue weighted by molar-refractivity contribution is 0.0672. The number of nitrogens with zero attached hydrogens (tertiary/aromatic N) is 2. The van der Waals surface area contributed by atoms with Gasteiger partial charge in [-0.1, -0.05) is 12.1 Å². The molecule has 1 saturated heterocycles. The summed E-state index contributed by atoms with van der Waals surface area (Å²) in [7, 11) is 3.37. The van der Waals surface area contributed by atoms with E-state index < -0.39 is 0 Å². The average Bonchev–Trinajstić information content (AvgIpc) is 3.15. The van der Waals surface area contributed by atoms with Crippen LogP contribution in [0.1, 0.15) is 29.8 Å². The Kier molecular flexibility index (Phi) is 6.47. The molecule has 0 aliphatic carbocycles. The van der Waals surface area contributed by atoms with E-state index in [0.29, 0.717) is 6.10 Å². The molecule has 5 heteroatoms. The lowest BCUT2D eigenvalue weighted by Crippen LogP contribution is -2.32. The lowest BCUT2D eigenvalue weighted by atomic mass is 10.1. The number of hydrogen-bond acceptors (Lipinski definition) is 5. The third-order valence-electron chi connectivity index (χ3n) is 4.71. The van der Waals surface area contributed by atoms with Crippen molar-refractivity contribution in [2.24, 2.45) is 0 Å². The number of pyridine rings is 1. The molecule has 1 aromatic carbocycles. The zero-order chi connectivity index (χ0) is 18.4. The average molecular weight is 356 g/mol. The number of rotatable bonds is 8. The van der Waals surface area contributed by atoms with Gasteiger partial charge in [-0.25, -0.2) is 0 Å². The fourth-order valence-electron chi connectivity index (χ4n) is 3.40. The molecule has 2 heterocycles. The first kappa shape index (κ1) is 18.7. The maximum atomic E-state index is 5.86. The molecule has 0 amide bonds.